The molecule has 0 amide bonds. The molecular formula is C14H19BrN4O. The molecule has 1 heterocycles. The highest BCUT2D eigenvalue weighted by Crippen LogP contribution is 2.25. The molecule has 0 aliphatic rings. The van der Waals surface area contributed by atoms with Gasteiger partial charge in [-0.15, -0.1) is 0 Å². The average molecular weight is 339 g/mol. The molecule has 0 fully saturated rings. The third kappa shape index (κ3) is 3.25. The Labute approximate surface area is 127 Å². The predicted molar refractivity (Wildman–Crippen MR) is 85.6 cm³/mol. The molecule has 0 radical (unpaired) electrons. The molecule has 0 unspecified atom stereocenters. The number of nitrogens with zero attached hydrogens (tertiary/aromatic N) is 3. The standard InChI is InChI=1S/C14H19BrN4O/c1-18(2)14-17-9-12(19(14)3)8-16-11-5-10(15)6-13(7-11)20-4/h5-7,9,16H,8H2,1-4H3. The van der Waals surface area contributed by atoms with E-state index in [1.807, 2.05) is 50.4 Å². The van der Waals surface area contributed by atoms with Crippen LogP contribution >= 0.6 is 15.9 Å². The van der Waals surface area contributed by atoms with Crippen molar-refractivity contribution >= 4 is 27.6 Å². The van der Waals surface area contributed by atoms with Crippen LogP contribution in [-0.4, -0.2) is 30.8 Å². The van der Waals surface area contributed by atoms with Gasteiger partial charge in [0.1, 0.15) is 5.75 Å². The van der Waals surface area contributed by atoms with Gasteiger partial charge < -0.3 is 19.5 Å². The number of aromatic nitrogens is 2. The van der Waals surface area contributed by atoms with Crippen molar-refractivity contribution in [2.75, 3.05) is 31.4 Å². The van der Waals surface area contributed by atoms with Crippen LogP contribution in [0.1, 0.15) is 5.69 Å². The molecule has 20 heavy (non-hydrogen) atoms. The summed E-state index contributed by atoms with van der Waals surface area (Å²) in [5, 5.41) is 3.38. The molecule has 0 aliphatic carbocycles. The number of halogens is 1. The van der Waals surface area contributed by atoms with Crippen LogP contribution in [0.3, 0.4) is 0 Å². The van der Waals surface area contributed by atoms with Crippen LogP contribution in [0.5, 0.6) is 5.75 Å². The van der Waals surface area contributed by atoms with Crippen molar-refractivity contribution in [1.29, 1.82) is 0 Å². The number of anilines is 2. The minimum atomic E-state index is 0.705. The predicted octanol–water partition coefficient (Wildman–Crippen LogP) is 2.87. The number of nitrogens with one attached hydrogen (secondary N) is 1. The Kier molecular flexibility index (Phi) is 4.54. The lowest BCUT2D eigenvalue weighted by Crippen LogP contribution is -2.15. The first kappa shape index (κ1) is 14.7. The SMILES string of the molecule is COc1cc(Br)cc(NCc2cnc(N(C)C)n2C)c1. The van der Waals surface area contributed by atoms with Gasteiger partial charge in [-0.3, -0.25) is 0 Å². The number of benzene rings is 1. The Hall–Kier alpha value is -1.69. The minimum absolute atomic E-state index is 0.705. The van der Waals surface area contributed by atoms with Gasteiger partial charge in [0.25, 0.3) is 0 Å². The van der Waals surface area contributed by atoms with E-state index in [1.54, 1.807) is 7.11 Å². The van der Waals surface area contributed by atoms with E-state index in [1.165, 1.54) is 0 Å². The number of rotatable bonds is 5. The minimum Gasteiger partial charge on any atom is -0.497 e. The molecule has 0 saturated carbocycles. The fraction of sp³-hybridized carbons (Fsp3) is 0.357. The summed E-state index contributed by atoms with van der Waals surface area (Å²) in [4.78, 5) is 6.39. The van der Waals surface area contributed by atoms with Crippen molar-refractivity contribution in [1.82, 2.24) is 9.55 Å². The summed E-state index contributed by atoms with van der Waals surface area (Å²) in [6.45, 7) is 0.705. The van der Waals surface area contributed by atoms with E-state index < -0.39 is 0 Å². The van der Waals surface area contributed by atoms with E-state index in [9.17, 15) is 0 Å². The largest absolute Gasteiger partial charge is 0.497 e. The fourth-order valence-corrected chi connectivity index (χ4v) is 2.46. The highest BCUT2D eigenvalue weighted by Gasteiger charge is 2.08. The van der Waals surface area contributed by atoms with Crippen LogP contribution in [0.4, 0.5) is 11.6 Å². The average Bonchev–Trinajstić information content (AvgIpc) is 2.77. The second-order valence-electron chi connectivity index (χ2n) is 4.74. The monoisotopic (exact) mass is 338 g/mol. The zero-order valence-electron chi connectivity index (χ0n) is 12.1. The number of ether oxygens (including phenoxy) is 1. The molecule has 2 rings (SSSR count). The van der Waals surface area contributed by atoms with Crippen LogP contribution in [0.15, 0.2) is 28.9 Å². The van der Waals surface area contributed by atoms with Gasteiger partial charge in [-0.25, -0.2) is 4.98 Å². The number of hydrogen-bond donors (Lipinski definition) is 1. The molecular weight excluding hydrogens is 320 g/mol. The molecule has 1 aromatic carbocycles. The number of hydrogen-bond acceptors (Lipinski definition) is 4. The van der Waals surface area contributed by atoms with Crippen LogP contribution in [0.2, 0.25) is 0 Å². The zero-order valence-corrected chi connectivity index (χ0v) is 13.7. The van der Waals surface area contributed by atoms with E-state index in [0.29, 0.717) is 6.54 Å². The molecule has 0 saturated heterocycles. The van der Waals surface area contributed by atoms with Crippen LogP contribution in [0, 0.1) is 0 Å². The first-order valence-corrected chi connectivity index (χ1v) is 7.07. The Morgan fingerprint density at radius 1 is 1.35 bits per heavy atom. The van der Waals surface area contributed by atoms with Crippen LogP contribution in [-0.2, 0) is 13.6 Å². The molecule has 108 valence electrons. The molecule has 0 aliphatic heterocycles. The molecule has 6 heteroatoms. The van der Waals surface area contributed by atoms with Gasteiger partial charge in [0.15, 0.2) is 0 Å². The van der Waals surface area contributed by atoms with Gasteiger partial charge in [0.2, 0.25) is 5.95 Å². The highest BCUT2D eigenvalue weighted by atomic mass is 79.9. The summed E-state index contributed by atoms with van der Waals surface area (Å²) in [6.07, 6.45) is 1.89. The third-order valence-electron chi connectivity index (χ3n) is 3.04. The molecule has 0 atom stereocenters. The topological polar surface area (TPSA) is 42.3 Å². The maximum Gasteiger partial charge on any atom is 0.204 e. The maximum atomic E-state index is 5.25. The Bertz CT molecular complexity index is 595. The van der Waals surface area contributed by atoms with Crippen LogP contribution in [0.25, 0.3) is 0 Å². The summed E-state index contributed by atoms with van der Waals surface area (Å²) in [6, 6.07) is 5.92. The van der Waals surface area contributed by atoms with Crippen LogP contribution < -0.4 is 15.0 Å². The van der Waals surface area contributed by atoms with Gasteiger partial charge in [-0.2, -0.15) is 0 Å². The second kappa shape index (κ2) is 6.17. The van der Waals surface area contributed by atoms with E-state index >= 15 is 0 Å². The second-order valence-corrected chi connectivity index (χ2v) is 5.65. The molecule has 5 nitrogen and oxygen atoms in total. The van der Waals surface area contributed by atoms with Crippen molar-refractivity contribution in [3.8, 4) is 5.75 Å². The summed E-state index contributed by atoms with van der Waals surface area (Å²) in [5.74, 6) is 1.76. The van der Waals surface area contributed by atoms with Gasteiger partial charge in [-0.1, -0.05) is 15.9 Å². The summed E-state index contributed by atoms with van der Waals surface area (Å²) in [5.41, 5.74) is 2.12. The summed E-state index contributed by atoms with van der Waals surface area (Å²) < 4.78 is 8.31. The third-order valence-corrected chi connectivity index (χ3v) is 3.50. The summed E-state index contributed by atoms with van der Waals surface area (Å²) in [7, 11) is 7.65. The quantitative estimate of drug-likeness (QED) is 0.910. The molecule has 0 spiro atoms. The van der Waals surface area contributed by atoms with Crippen molar-refractivity contribution in [3.63, 3.8) is 0 Å². The normalized spacial score (nSPS) is 10.4. The number of imidazole rings is 1. The van der Waals surface area contributed by atoms with Crippen molar-refractivity contribution in [3.05, 3.63) is 34.6 Å². The lowest BCUT2D eigenvalue weighted by atomic mass is 10.3. The smallest absolute Gasteiger partial charge is 0.204 e. The Morgan fingerprint density at radius 3 is 2.70 bits per heavy atom. The van der Waals surface area contributed by atoms with Gasteiger partial charge in [0.05, 0.1) is 25.5 Å². The summed E-state index contributed by atoms with van der Waals surface area (Å²) >= 11 is 3.47. The first-order valence-electron chi connectivity index (χ1n) is 6.27. The molecule has 1 N–H and O–H groups in total. The number of methoxy groups -OCH3 is 1. The Morgan fingerprint density at radius 2 is 2.10 bits per heavy atom. The van der Waals surface area contributed by atoms with E-state index in [4.69, 9.17) is 4.74 Å². The van der Waals surface area contributed by atoms with Gasteiger partial charge in [-0.05, 0) is 12.1 Å². The lowest BCUT2D eigenvalue weighted by Gasteiger charge is -2.13. The van der Waals surface area contributed by atoms with Gasteiger partial charge >= 0.3 is 0 Å². The zero-order chi connectivity index (χ0) is 14.7. The molecule has 2 aromatic rings. The maximum absolute atomic E-state index is 5.25. The van der Waals surface area contributed by atoms with Crippen molar-refractivity contribution in [2.45, 2.75) is 6.54 Å². The first-order chi connectivity index (χ1) is 9.51. The lowest BCUT2D eigenvalue weighted by molar-refractivity contribution is 0.414. The van der Waals surface area contributed by atoms with Crippen molar-refractivity contribution in [2.24, 2.45) is 7.05 Å². The molecule has 0 bridgehead atoms. The van der Waals surface area contributed by atoms with E-state index in [0.717, 1.165) is 27.6 Å². The molecule has 1 aromatic heterocycles. The van der Waals surface area contributed by atoms with E-state index in [2.05, 4.69) is 30.8 Å². The fourth-order valence-electron chi connectivity index (χ4n) is 1.99. The van der Waals surface area contributed by atoms with Crippen molar-refractivity contribution < 1.29 is 4.74 Å². The Balaban J connectivity index is 2.11. The highest BCUT2D eigenvalue weighted by molar-refractivity contribution is 9.10. The van der Waals surface area contributed by atoms with E-state index in [-0.39, 0.29) is 0 Å². The van der Waals surface area contributed by atoms with Gasteiger partial charge in [0, 0.05) is 37.4 Å².